The molecule has 0 aromatic carbocycles. The number of hydrogen-bond donors (Lipinski definition) is 2. The van der Waals surface area contributed by atoms with Crippen LogP contribution in [-0.4, -0.2) is 17.3 Å². The van der Waals surface area contributed by atoms with Crippen LogP contribution in [0, 0.1) is 17.3 Å². The van der Waals surface area contributed by atoms with Gasteiger partial charge in [0, 0.05) is 12.0 Å². The van der Waals surface area contributed by atoms with E-state index in [2.05, 4.69) is 27.4 Å². The Morgan fingerprint density at radius 2 is 1.93 bits per heavy atom. The molecule has 0 aromatic rings. The predicted octanol–water partition coefficient (Wildman–Crippen LogP) is 1.93. The molecule has 1 fully saturated rings. The van der Waals surface area contributed by atoms with Gasteiger partial charge >= 0.3 is 0 Å². The van der Waals surface area contributed by atoms with Crippen LogP contribution in [0.25, 0.3) is 0 Å². The second-order valence-corrected chi connectivity index (χ2v) is 5.59. The van der Waals surface area contributed by atoms with Crippen molar-refractivity contribution in [2.24, 2.45) is 23.0 Å². The van der Waals surface area contributed by atoms with Crippen LogP contribution < -0.4 is 5.73 Å². The quantitative estimate of drug-likeness (QED) is 0.631. The van der Waals surface area contributed by atoms with Crippen LogP contribution in [-0.2, 0) is 0 Å². The monoisotopic (exact) mass is 197 g/mol. The van der Waals surface area contributed by atoms with Gasteiger partial charge in [-0.2, -0.15) is 0 Å². The van der Waals surface area contributed by atoms with E-state index in [4.69, 9.17) is 5.73 Å². The number of hydrogen-bond acceptors (Lipinski definition) is 2. The van der Waals surface area contributed by atoms with Crippen molar-refractivity contribution in [2.45, 2.75) is 45.8 Å². The van der Waals surface area contributed by atoms with E-state index in [1.807, 2.05) is 6.08 Å². The lowest BCUT2D eigenvalue weighted by atomic mass is 9.66. The second kappa shape index (κ2) is 4.03. The lowest BCUT2D eigenvalue weighted by Gasteiger charge is -2.43. The van der Waals surface area contributed by atoms with Crippen molar-refractivity contribution in [1.29, 1.82) is 0 Å². The fraction of sp³-hybridized carbons (Fsp3) is 0.833. The minimum atomic E-state index is -0.271. The molecule has 82 valence electrons. The van der Waals surface area contributed by atoms with Gasteiger partial charge in [-0.3, -0.25) is 0 Å². The fourth-order valence-corrected chi connectivity index (χ4v) is 2.45. The Morgan fingerprint density at radius 3 is 2.36 bits per heavy atom. The molecule has 0 aliphatic heterocycles. The maximum absolute atomic E-state index is 10.2. The maximum Gasteiger partial charge on any atom is 0.0636 e. The van der Waals surface area contributed by atoms with E-state index in [9.17, 15) is 5.11 Å². The van der Waals surface area contributed by atoms with Gasteiger partial charge in [-0.1, -0.05) is 26.8 Å². The number of rotatable bonds is 1. The van der Waals surface area contributed by atoms with Crippen molar-refractivity contribution in [3.8, 4) is 0 Å². The molecule has 4 atom stereocenters. The van der Waals surface area contributed by atoms with Crippen LogP contribution in [0.3, 0.4) is 0 Å². The molecule has 14 heavy (non-hydrogen) atoms. The highest BCUT2D eigenvalue weighted by Gasteiger charge is 2.39. The van der Waals surface area contributed by atoms with Crippen molar-refractivity contribution < 1.29 is 5.11 Å². The van der Waals surface area contributed by atoms with Gasteiger partial charge in [-0.25, -0.2) is 0 Å². The van der Waals surface area contributed by atoms with E-state index in [0.717, 1.165) is 12.8 Å². The minimum Gasteiger partial charge on any atom is -0.392 e. The molecule has 1 aliphatic rings. The molecule has 0 aromatic heterocycles. The summed E-state index contributed by atoms with van der Waals surface area (Å²) in [5.74, 6) is 0.456. The van der Waals surface area contributed by atoms with Gasteiger partial charge < -0.3 is 10.8 Å². The van der Waals surface area contributed by atoms with Crippen LogP contribution in [0.5, 0.6) is 0 Å². The average Bonchev–Trinajstić information content (AvgIpc) is 2.06. The highest BCUT2D eigenvalue weighted by Crippen LogP contribution is 2.40. The molecule has 1 rings (SSSR count). The van der Waals surface area contributed by atoms with Gasteiger partial charge in [0.05, 0.1) is 6.10 Å². The summed E-state index contributed by atoms with van der Waals surface area (Å²) in [6.45, 7) is 10.3. The van der Waals surface area contributed by atoms with E-state index in [1.165, 1.54) is 0 Å². The van der Waals surface area contributed by atoms with Crippen LogP contribution in [0.15, 0.2) is 12.7 Å². The largest absolute Gasteiger partial charge is 0.392 e. The molecular formula is C12H23NO. The smallest absolute Gasteiger partial charge is 0.0636 e. The molecule has 0 bridgehead atoms. The Labute approximate surface area is 87.2 Å². The SMILES string of the molecule is C=CC1CC(N)CC(C(C)(C)C)C1O. The number of aliphatic hydroxyl groups excluding tert-OH is 1. The van der Waals surface area contributed by atoms with Crippen molar-refractivity contribution in [3.63, 3.8) is 0 Å². The van der Waals surface area contributed by atoms with E-state index in [0.29, 0.717) is 0 Å². The van der Waals surface area contributed by atoms with Gasteiger partial charge in [0.2, 0.25) is 0 Å². The van der Waals surface area contributed by atoms with Crippen LogP contribution in [0.1, 0.15) is 33.6 Å². The minimum absolute atomic E-state index is 0.124. The van der Waals surface area contributed by atoms with E-state index in [1.54, 1.807) is 0 Å². The molecule has 3 N–H and O–H groups in total. The molecule has 0 heterocycles. The first kappa shape index (κ1) is 11.7. The first-order chi connectivity index (χ1) is 6.36. The summed E-state index contributed by atoms with van der Waals surface area (Å²) in [7, 11) is 0. The average molecular weight is 197 g/mol. The third-order valence-corrected chi connectivity index (χ3v) is 3.40. The van der Waals surface area contributed by atoms with Crippen molar-refractivity contribution >= 4 is 0 Å². The standard InChI is InChI=1S/C12H23NO/c1-5-8-6-9(13)7-10(11(8)14)12(2,3)4/h5,8-11,14H,1,6-7,13H2,2-4H3. The summed E-state index contributed by atoms with van der Waals surface area (Å²) in [5.41, 5.74) is 6.11. The summed E-state index contributed by atoms with van der Waals surface area (Å²) in [6.07, 6.45) is 3.38. The van der Waals surface area contributed by atoms with Gasteiger partial charge in [-0.05, 0) is 24.2 Å². The maximum atomic E-state index is 10.2. The van der Waals surface area contributed by atoms with Gasteiger partial charge in [0.25, 0.3) is 0 Å². The third-order valence-electron chi connectivity index (χ3n) is 3.40. The van der Waals surface area contributed by atoms with Gasteiger partial charge in [-0.15, -0.1) is 6.58 Å². The fourth-order valence-electron chi connectivity index (χ4n) is 2.45. The molecule has 0 radical (unpaired) electrons. The van der Waals surface area contributed by atoms with E-state index >= 15 is 0 Å². The molecule has 2 heteroatoms. The molecule has 0 amide bonds. The Kier molecular flexibility index (Phi) is 3.38. The molecular weight excluding hydrogens is 174 g/mol. The summed E-state index contributed by atoms with van der Waals surface area (Å²) >= 11 is 0. The van der Waals surface area contributed by atoms with E-state index in [-0.39, 0.29) is 29.4 Å². The Morgan fingerprint density at radius 1 is 1.36 bits per heavy atom. The zero-order valence-electron chi connectivity index (χ0n) is 9.53. The van der Waals surface area contributed by atoms with Gasteiger partial charge in [0.15, 0.2) is 0 Å². The topological polar surface area (TPSA) is 46.2 Å². The highest BCUT2D eigenvalue weighted by atomic mass is 16.3. The normalized spacial score (nSPS) is 39.5. The molecule has 2 nitrogen and oxygen atoms in total. The summed E-state index contributed by atoms with van der Waals surface area (Å²) in [4.78, 5) is 0. The highest BCUT2D eigenvalue weighted by molar-refractivity contribution is 4.98. The predicted molar refractivity (Wildman–Crippen MR) is 59.8 cm³/mol. The second-order valence-electron chi connectivity index (χ2n) is 5.59. The molecule has 1 aliphatic carbocycles. The Bertz CT molecular complexity index is 207. The van der Waals surface area contributed by atoms with Crippen LogP contribution in [0.4, 0.5) is 0 Å². The Balaban J connectivity index is 2.79. The number of aliphatic hydroxyl groups is 1. The van der Waals surface area contributed by atoms with Crippen molar-refractivity contribution in [3.05, 3.63) is 12.7 Å². The van der Waals surface area contributed by atoms with E-state index < -0.39 is 0 Å². The van der Waals surface area contributed by atoms with Crippen molar-refractivity contribution in [2.75, 3.05) is 0 Å². The van der Waals surface area contributed by atoms with Crippen LogP contribution in [0.2, 0.25) is 0 Å². The van der Waals surface area contributed by atoms with Gasteiger partial charge in [0.1, 0.15) is 0 Å². The first-order valence-corrected chi connectivity index (χ1v) is 5.42. The first-order valence-electron chi connectivity index (χ1n) is 5.42. The molecule has 0 saturated heterocycles. The zero-order valence-corrected chi connectivity index (χ0v) is 9.53. The summed E-state index contributed by atoms with van der Waals surface area (Å²) in [6, 6.07) is 0.214. The molecule has 4 unspecified atom stereocenters. The number of nitrogens with two attached hydrogens (primary N) is 1. The summed E-state index contributed by atoms with van der Waals surface area (Å²) in [5, 5.41) is 10.2. The summed E-state index contributed by atoms with van der Waals surface area (Å²) < 4.78 is 0. The third kappa shape index (κ3) is 2.37. The lowest BCUT2D eigenvalue weighted by Crippen LogP contribution is -2.46. The van der Waals surface area contributed by atoms with Crippen molar-refractivity contribution in [1.82, 2.24) is 0 Å². The Hall–Kier alpha value is -0.340. The lowest BCUT2D eigenvalue weighted by molar-refractivity contribution is -0.0213. The molecule has 0 spiro atoms. The zero-order chi connectivity index (χ0) is 10.9. The molecule has 1 saturated carbocycles. The van der Waals surface area contributed by atoms with Crippen LogP contribution >= 0.6 is 0 Å².